The van der Waals surface area contributed by atoms with Crippen LogP contribution in [0, 0.1) is 5.82 Å². The van der Waals surface area contributed by atoms with Crippen molar-refractivity contribution < 1.29 is 14.0 Å². The van der Waals surface area contributed by atoms with E-state index >= 15 is 0 Å². The van der Waals surface area contributed by atoms with Crippen molar-refractivity contribution in [1.29, 1.82) is 0 Å². The van der Waals surface area contributed by atoms with Gasteiger partial charge in [0.05, 0.1) is 0 Å². The fraction of sp³-hybridized carbons (Fsp3) is 0.217. The number of hydrogen-bond acceptors (Lipinski definition) is 2. The number of carbonyl (C=O) groups excluding carboxylic acids is 2. The van der Waals surface area contributed by atoms with Crippen molar-refractivity contribution in [2.75, 3.05) is 26.2 Å². The Kier molecular flexibility index (Phi) is 5.06. The molecule has 28 heavy (non-hydrogen) atoms. The molecule has 142 valence electrons. The molecule has 3 aromatic carbocycles. The van der Waals surface area contributed by atoms with E-state index in [1.165, 1.54) is 18.2 Å². The van der Waals surface area contributed by atoms with Crippen LogP contribution in [-0.4, -0.2) is 47.8 Å². The molecule has 4 nitrogen and oxygen atoms in total. The van der Waals surface area contributed by atoms with Gasteiger partial charge in [0.25, 0.3) is 11.8 Å². The minimum atomic E-state index is -0.423. The van der Waals surface area contributed by atoms with Crippen LogP contribution in [0.25, 0.3) is 10.8 Å². The predicted molar refractivity (Wildman–Crippen MR) is 107 cm³/mol. The maximum absolute atomic E-state index is 13.4. The number of amides is 2. The van der Waals surface area contributed by atoms with Gasteiger partial charge in [0.1, 0.15) is 5.82 Å². The van der Waals surface area contributed by atoms with Gasteiger partial charge in [0.15, 0.2) is 0 Å². The average Bonchev–Trinajstić information content (AvgIpc) is 2.98. The SMILES string of the molecule is O=C(c1cccc(F)c1)N1CCCN(C(=O)c2cccc3ccccc23)CC1. The van der Waals surface area contributed by atoms with E-state index in [1.54, 1.807) is 15.9 Å². The summed E-state index contributed by atoms with van der Waals surface area (Å²) < 4.78 is 13.4. The van der Waals surface area contributed by atoms with Gasteiger partial charge in [-0.2, -0.15) is 0 Å². The molecule has 1 saturated heterocycles. The van der Waals surface area contributed by atoms with Gasteiger partial charge in [-0.25, -0.2) is 4.39 Å². The predicted octanol–water partition coefficient (Wildman–Crippen LogP) is 3.97. The molecular weight excluding hydrogens is 355 g/mol. The molecule has 4 rings (SSSR count). The molecule has 0 unspecified atom stereocenters. The lowest BCUT2D eigenvalue weighted by atomic mass is 10.0. The topological polar surface area (TPSA) is 40.6 Å². The molecule has 0 spiro atoms. The molecule has 0 radical (unpaired) electrons. The van der Waals surface area contributed by atoms with Crippen LogP contribution in [0.3, 0.4) is 0 Å². The lowest BCUT2D eigenvalue weighted by Gasteiger charge is -2.23. The summed E-state index contributed by atoms with van der Waals surface area (Å²) in [5.74, 6) is -0.635. The van der Waals surface area contributed by atoms with Crippen LogP contribution in [0.15, 0.2) is 66.7 Å². The van der Waals surface area contributed by atoms with Gasteiger partial charge in [-0.3, -0.25) is 9.59 Å². The van der Waals surface area contributed by atoms with Crippen LogP contribution in [0.5, 0.6) is 0 Å². The Labute approximate surface area is 163 Å². The third-order valence-corrected chi connectivity index (χ3v) is 5.16. The Morgan fingerprint density at radius 2 is 1.43 bits per heavy atom. The first-order valence-corrected chi connectivity index (χ1v) is 9.45. The summed E-state index contributed by atoms with van der Waals surface area (Å²) in [5.41, 5.74) is 1.02. The maximum Gasteiger partial charge on any atom is 0.254 e. The summed E-state index contributed by atoms with van der Waals surface area (Å²) in [6.07, 6.45) is 0.692. The number of rotatable bonds is 2. The van der Waals surface area contributed by atoms with Crippen molar-refractivity contribution in [3.8, 4) is 0 Å². The molecule has 5 heteroatoms. The fourth-order valence-corrected chi connectivity index (χ4v) is 3.71. The van der Waals surface area contributed by atoms with E-state index in [1.807, 2.05) is 42.5 Å². The second kappa shape index (κ2) is 7.80. The smallest absolute Gasteiger partial charge is 0.254 e. The standard InChI is InChI=1S/C23H21FN2O2/c24-19-9-3-8-18(16-19)22(27)25-12-5-13-26(15-14-25)23(28)21-11-4-7-17-6-1-2-10-20(17)21/h1-4,6-11,16H,5,12-15H2. The second-order valence-corrected chi connectivity index (χ2v) is 6.98. The number of hydrogen-bond donors (Lipinski definition) is 0. The lowest BCUT2D eigenvalue weighted by molar-refractivity contribution is 0.0719. The van der Waals surface area contributed by atoms with Crippen LogP contribution in [0.2, 0.25) is 0 Å². The summed E-state index contributed by atoms with van der Waals surface area (Å²) in [7, 11) is 0. The molecule has 1 fully saturated rings. The minimum absolute atomic E-state index is 0.0168. The number of fused-ring (bicyclic) bond motifs is 1. The van der Waals surface area contributed by atoms with E-state index in [0.717, 1.165) is 10.8 Å². The highest BCUT2D eigenvalue weighted by Crippen LogP contribution is 2.21. The van der Waals surface area contributed by atoms with Crippen molar-refractivity contribution in [2.45, 2.75) is 6.42 Å². The number of nitrogens with zero attached hydrogens (tertiary/aromatic N) is 2. The van der Waals surface area contributed by atoms with E-state index < -0.39 is 5.82 Å². The first-order chi connectivity index (χ1) is 13.6. The Morgan fingerprint density at radius 1 is 0.750 bits per heavy atom. The zero-order chi connectivity index (χ0) is 19.5. The fourth-order valence-electron chi connectivity index (χ4n) is 3.71. The highest BCUT2D eigenvalue weighted by atomic mass is 19.1. The highest BCUT2D eigenvalue weighted by Gasteiger charge is 2.24. The number of carbonyl (C=O) groups is 2. The van der Waals surface area contributed by atoms with Crippen LogP contribution in [0.1, 0.15) is 27.1 Å². The minimum Gasteiger partial charge on any atom is -0.337 e. The summed E-state index contributed by atoms with van der Waals surface area (Å²) in [6.45, 7) is 2.04. The third kappa shape index (κ3) is 3.60. The lowest BCUT2D eigenvalue weighted by Crippen LogP contribution is -2.37. The van der Waals surface area contributed by atoms with Gasteiger partial charge in [0, 0.05) is 37.3 Å². The van der Waals surface area contributed by atoms with E-state index in [9.17, 15) is 14.0 Å². The Morgan fingerprint density at radius 3 is 2.21 bits per heavy atom. The molecule has 3 aromatic rings. The van der Waals surface area contributed by atoms with Crippen molar-refractivity contribution in [2.24, 2.45) is 0 Å². The van der Waals surface area contributed by atoms with Crippen molar-refractivity contribution in [3.63, 3.8) is 0 Å². The molecule has 0 aromatic heterocycles. The molecule has 1 aliphatic rings. The van der Waals surface area contributed by atoms with Gasteiger partial charge < -0.3 is 9.80 Å². The van der Waals surface area contributed by atoms with Crippen molar-refractivity contribution >= 4 is 22.6 Å². The molecule has 1 heterocycles. The zero-order valence-electron chi connectivity index (χ0n) is 15.5. The van der Waals surface area contributed by atoms with E-state index in [2.05, 4.69) is 0 Å². The van der Waals surface area contributed by atoms with Crippen molar-refractivity contribution in [1.82, 2.24) is 9.80 Å². The van der Waals surface area contributed by atoms with Gasteiger partial charge in [-0.15, -0.1) is 0 Å². The average molecular weight is 376 g/mol. The Hall–Kier alpha value is -3.21. The molecule has 0 aliphatic carbocycles. The summed E-state index contributed by atoms with van der Waals surface area (Å²) in [4.78, 5) is 29.3. The first kappa shape index (κ1) is 18.2. The highest BCUT2D eigenvalue weighted by molar-refractivity contribution is 6.07. The van der Waals surface area contributed by atoms with Crippen LogP contribution in [0.4, 0.5) is 4.39 Å². The van der Waals surface area contributed by atoms with Crippen molar-refractivity contribution in [3.05, 3.63) is 83.7 Å². The van der Waals surface area contributed by atoms with Gasteiger partial charge in [0.2, 0.25) is 0 Å². The summed E-state index contributed by atoms with van der Waals surface area (Å²) in [5, 5.41) is 1.97. The van der Waals surface area contributed by atoms with E-state index in [4.69, 9.17) is 0 Å². The zero-order valence-corrected chi connectivity index (χ0v) is 15.5. The number of benzene rings is 3. The molecule has 0 atom stereocenters. The third-order valence-electron chi connectivity index (χ3n) is 5.16. The summed E-state index contributed by atoms with van der Waals surface area (Å²) >= 11 is 0. The molecule has 0 N–H and O–H groups in total. The second-order valence-electron chi connectivity index (χ2n) is 6.98. The van der Waals surface area contributed by atoms with Crippen LogP contribution < -0.4 is 0 Å². The van der Waals surface area contributed by atoms with Crippen LogP contribution in [-0.2, 0) is 0 Å². The molecular formula is C23H21FN2O2. The maximum atomic E-state index is 13.4. The molecule has 2 amide bonds. The summed E-state index contributed by atoms with van der Waals surface area (Å²) in [6, 6.07) is 19.3. The quantitative estimate of drug-likeness (QED) is 0.679. The van der Waals surface area contributed by atoms with Gasteiger partial charge in [-0.05, 0) is 41.5 Å². The monoisotopic (exact) mass is 376 g/mol. The molecule has 0 bridgehead atoms. The first-order valence-electron chi connectivity index (χ1n) is 9.45. The number of halogens is 1. The van der Waals surface area contributed by atoms with E-state index in [-0.39, 0.29) is 11.8 Å². The molecule has 0 saturated carbocycles. The largest absolute Gasteiger partial charge is 0.337 e. The van der Waals surface area contributed by atoms with E-state index in [0.29, 0.717) is 43.7 Å². The Bertz CT molecular complexity index is 1030. The van der Waals surface area contributed by atoms with Gasteiger partial charge >= 0.3 is 0 Å². The van der Waals surface area contributed by atoms with Crippen LogP contribution >= 0.6 is 0 Å². The Balaban J connectivity index is 1.51. The van der Waals surface area contributed by atoms with Gasteiger partial charge in [-0.1, -0.05) is 42.5 Å². The molecule has 1 aliphatic heterocycles. The normalized spacial score (nSPS) is 14.8.